The van der Waals surface area contributed by atoms with E-state index in [1.807, 2.05) is 68.4 Å². The molecule has 2 N–H and O–H groups in total. The molecule has 0 unspecified atom stereocenters. The summed E-state index contributed by atoms with van der Waals surface area (Å²) in [6.45, 7) is 3.84. The van der Waals surface area contributed by atoms with E-state index in [-0.39, 0.29) is 30.7 Å². The minimum Gasteiger partial charge on any atom is -0.467 e. The van der Waals surface area contributed by atoms with E-state index in [0.717, 1.165) is 16.7 Å². The molecular formula is C23H28N2O4. The summed E-state index contributed by atoms with van der Waals surface area (Å²) >= 11 is 0. The van der Waals surface area contributed by atoms with Crippen LogP contribution in [-0.2, 0) is 25.5 Å². The zero-order chi connectivity index (χ0) is 21.2. The van der Waals surface area contributed by atoms with Crippen LogP contribution in [0, 0.1) is 6.92 Å². The molecule has 0 aliphatic carbocycles. The first-order valence-corrected chi connectivity index (χ1v) is 9.66. The smallest absolute Gasteiger partial charge is 0.328 e. The molecule has 2 atom stereocenters. The highest BCUT2D eigenvalue weighted by molar-refractivity contribution is 5.87. The van der Waals surface area contributed by atoms with Crippen molar-refractivity contribution >= 4 is 17.8 Å². The molecular weight excluding hydrogens is 368 g/mol. The standard InChI is InChI=1S/C23H28N2O4/c1-16-9-7-8-12-19(16)15-20(23(28)29-3)25-22(27)14-13-21(26)24-17(2)18-10-5-4-6-11-18/h4-12,17,20H,13-15H2,1-3H3,(H,24,26)(H,25,27)/t17-,20+/m1/s1. The van der Waals surface area contributed by atoms with Gasteiger partial charge < -0.3 is 15.4 Å². The Bertz CT molecular complexity index is 836. The lowest BCUT2D eigenvalue weighted by Crippen LogP contribution is -2.43. The van der Waals surface area contributed by atoms with Crippen molar-refractivity contribution < 1.29 is 19.1 Å². The van der Waals surface area contributed by atoms with Gasteiger partial charge in [-0.2, -0.15) is 0 Å². The number of methoxy groups -OCH3 is 1. The van der Waals surface area contributed by atoms with Crippen molar-refractivity contribution in [3.8, 4) is 0 Å². The van der Waals surface area contributed by atoms with Crippen molar-refractivity contribution in [2.45, 2.75) is 45.2 Å². The van der Waals surface area contributed by atoms with Gasteiger partial charge in [-0.05, 0) is 30.5 Å². The van der Waals surface area contributed by atoms with Crippen LogP contribution >= 0.6 is 0 Å². The van der Waals surface area contributed by atoms with Crippen LogP contribution in [0.25, 0.3) is 0 Å². The summed E-state index contributed by atoms with van der Waals surface area (Å²) in [5.41, 5.74) is 2.98. The molecule has 6 heteroatoms. The van der Waals surface area contributed by atoms with E-state index in [1.54, 1.807) is 0 Å². The number of carbonyl (C=O) groups excluding carboxylic acids is 3. The van der Waals surface area contributed by atoms with E-state index >= 15 is 0 Å². The average molecular weight is 396 g/mol. The normalized spacial score (nSPS) is 12.5. The van der Waals surface area contributed by atoms with Crippen LogP contribution in [-0.4, -0.2) is 30.9 Å². The van der Waals surface area contributed by atoms with Crippen molar-refractivity contribution in [1.29, 1.82) is 0 Å². The second-order valence-corrected chi connectivity index (χ2v) is 6.97. The fourth-order valence-electron chi connectivity index (χ4n) is 3.03. The lowest BCUT2D eigenvalue weighted by Gasteiger charge is -2.18. The highest BCUT2D eigenvalue weighted by atomic mass is 16.5. The van der Waals surface area contributed by atoms with E-state index in [9.17, 15) is 14.4 Å². The zero-order valence-corrected chi connectivity index (χ0v) is 17.1. The first-order valence-electron chi connectivity index (χ1n) is 9.66. The highest BCUT2D eigenvalue weighted by Crippen LogP contribution is 2.12. The molecule has 0 spiro atoms. The van der Waals surface area contributed by atoms with Gasteiger partial charge in [-0.3, -0.25) is 9.59 Å². The van der Waals surface area contributed by atoms with Crippen molar-refractivity contribution in [2.75, 3.05) is 7.11 Å². The molecule has 0 aromatic heterocycles. The number of nitrogens with one attached hydrogen (secondary N) is 2. The Morgan fingerprint density at radius 3 is 2.10 bits per heavy atom. The second-order valence-electron chi connectivity index (χ2n) is 6.97. The van der Waals surface area contributed by atoms with E-state index in [0.29, 0.717) is 6.42 Å². The Balaban J connectivity index is 1.87. The Labute approximate surface area is 171 Å². The van der Waals surface area contributed by atoms with Gasteiger partial charge in [0.05, 0.1) is 13.2 Å². The van der Waals surface area contributed by atoms with Gasteiger partial charge in [0.15, 0.2) is 0 Å². The topological polar surface area (TPSA) is 84.5 Å². The lowest BCUT2D eigenvalue weighted by molar-refractivity contribution is -0.145. The van der Waals surface area contributed by atoms with Crippen molar-refractivity contribution in [1.82, 2.24) is 10.6 Å². The first-order chi connectivity index (χ1) is 13.9. The number of aryl methyl sites for hydroxylation is 1. The molecule has 0 radical (unpaired) electrons. The number of rotatable bonds is 9. The fourth-order valence-corrected chi connectivity index (χ4v) is 3.03. The molecule has 2 aromatic rings. The molecule has 0 saturated carbocycles. The molecule has 0 bridgehead atoms. The molecule has 29 heavy (non-hydrogen) atoms. The van der Waals surface area contributed by atoms with Gasteiger partial charge in [0, 0.05) is 19.3 Å². The van der Waals surface area contributed by atoms with Gasteiger partial charge in [0.1, 0.15) is 6.04 Å². The maximum absolute atomic E-state index is 12.3. The molecule has 0 aliphatic rings. The van der Waals surface area contributed by atoms with Crippen molar-refractivity contribution in [3.05, 3.63) is 71.3 Å². The summed E-state index contributed by atoms with van der Waals surface area (Å²) in [6.07, 6.45) is 0.373. The van der Waals surface area contributed by atoms with Gasteiger partial charge in [0.2, 0.25) is 11.8 Å². The number of amides is 2. The number of carbonyl (C=O) groups is 3. The van der Waals surface area contributed by atoms with E-state index in [4.69, 9.17) is 4.74 Å². The molecule has 0 heterocycles. The van der Waals surface area contributed by atoms with Crippen molar-refractivity contribution in [2.24, 2.45) is 0 Å². The number of esters is 1. The number of hydrogen-bond acceptors (Lipinski definition) is 4. The molecule has 0 fully saturated rings. The molecule has 2 amide bonds. The highest BCUT2D eigenvalue weighted by Gasteiger charge is 2.23. The summed E-state index contributed by atoms with van der Waals surface area (Å²) in [5.74, 6) is -1.09. The number of hydrogen-bond donors (Lipinski definition) is 2. The van der Waals surface area contributed by atoms with Gasteiger partial charge in [-0.15, -0.1) is 0 Å². The van der Waals surface area contributed by atoms with Crippen LogP contribution in [0.2, 0.25) is 0 Å². The Hall–Kier alpha value is -3.15. The minimum absolute atomic E-state index is 0.00535. The summed E-state index contributed by atoms with van der Waals surface area (Å²) in [4.78, 5) is 36.6. The minimum atomic E-state index is -0.792. The van der Waals surface area contributed by atoms with E-state index in [1.165, 1.54) is 7.11 Å². The number of ether oxygens (including phenoxy) is 1. The maximum Gasteiger partial charge on any atom is 0.328 e. The first kappa shape index (κ1) is 22.1. The maximum atomic E-state index is 12.3. The lowest BCUT2D eigenvalue weighted by atomic mass is 10.0. The average Bonchev–Trinajstić information content (AvgIpc) is 2.73. The summed E-state index contributed by atoms with van der Waals surface area (Å²) in [7, 11) is 1.29. The predicted octanol–water partition coefficient (Wildman–Crippen LogP) is 2.85. The molecule has 6 nitrogen and oxygen atoms in total. The summed E-state index contributed by atoms with van der Waals surface area (Å²) in [5, 5.41) is 5.57. The molecule has 2 aromatic carbocycles. The van der Waals surface area contributed by atoms with Crippen LogP contribution in [0.1, 0.15) is 42.5 Å². The van der Waals surface area contributed by atoms with Crippen molar-refractivity contribution in [3.63, 3.8) is 0 Å². The third kappa shape index (κ3) is 7.07. The molecule has 2 rings (SSSR count). The van der Waals surface area contributed by atoms with Gasteiger partial charge in [0.25, 0.3) is 0 Å². The van der Waals surface area contributed by atoms with Crippen LogP contribution in [0.15, 0.2) is 54.6 Å². The molecule has 0 aliphatic heterocycles. The third-order valence-corrected chi connectivity index (χ3v) is 4.76. The quantitative estimate of drug-likeness (QED) is 0.639. The van der Waals surface area contributed by atoms with Crippen LogP contribution < -0.4 is 10.6 Å². The predicted molar refractivity (Wildman–Crippen MR) is 111 cm³/mol. The van der Waals surface area contributed by atoms with Gasteiger partial charge in [-0.1, -0.05) is 54.6 Å². The van der Waals surface area contributed by atoms with E-state index in [2.05, 4.69) is 10.6 Å². The summed E-state index contributed by atoms with van der Waals surface area (Å²) in [6, 6.07) is 16.3. The Morgan fingerprint density at radius 1 is 0.897 bits per heavy atom. The van der Waals surface area contributed by atoms with Crippen LogP contribution in [0.4, 0.5) is 0 Å². The monoisotopic (exact) mass is 396 g/mol. The summed E-state index contributed by atoms with van der Waals surface area (Å²) < 4.78 is 4.82. The van der Waals surface area contributed by atoms with Crippen LogP contribution in [0.5, 0.6) is 0 Å². The van der Waals surface area contributed by atoms with Gasteiger partial charge >= 0.3 is 5.97 Å². The van der Waals surface area contributed by atoms with Gasteiger partial charge in [-0.25, -0.2) is 4.79 Å². The van der Waals surface area contributed by atoms with E-state index < -0.39 is 12.0 Å². The molecule has 0 saturated heterocycles. The zero-order valence-electron chi connectivity index (χ0n) is 17.1. The molecule has 154 valence electrons. The third-order valence-electron chi connectivity index (χ3n) is 4.76. The number of benzene rings is 2. The second kappa shape index (κ2) is 11.0. The Morgan fingerprint density at radius 2 is 1.48 bits per heavy atom. The fraction of sp³-hybridized carbons (Fsp3) is 0.348. The van der Waals surface area contributed by atoms with Crippen LogP contribution in [0.3, 0.4) is 0 Å². The Kier molecular flexibility index (Phi) is 8.40. The SMILES string of the molecule is COC(=O)[C@H](Cc1ccccc1C)NC(=O)CCC(=O)N[C@H](C)c1ccccc1. The largest absolute Gasteiger partial charge is 0.467 e.